The van der Waals surface area contributed by atoms with Gasteiger partial charge >= 0.3 is 0 Å². The maximum absolute atomic E-state index is 13.4. The largest absolute Gasteiger partial charge is 0.329 e. The quantitative estimate of drug-likeness (QED) is 0.841. The monoisotopic (exact) mass is 332 g/mol. The molecule has 2 rings (SSSR count). The van der Waals surface area contributed by atoms with Crippen molar-refractivity contribution in [1.29, 1.82) is 0 Å². The summed E-state index contributed by atoms with van der Waals surface area (Å²) in [6.45, 7) is 6.37. The molecule has 0 amide bonds. The minimum Gasteiger partial charge on any atom is -0.329 e. The minimum atomic E-state index is -0.544. The van der Waals surface area contributed by atoms with Crippen LogP contribution in [-0.4, -0.2) is 12.1 Å². The van der Waals surface area contributed by atoms with E-state index in [4.69, 9.17) is 11.5 Å². The Bertz CT molecular complexity index is 612. The van der Waals surface area contributed by atoms with Gasteiger partial charge in [-0.05, 0) is 61.6 Å². The number of hydrogen-bond donors (Lipinski definition) is 2. The molecule has 0 aliphatic carbocycles. The van der Waals surface area contributed by atoms with Crippen molar-refractivity contribution in [3.05, 3.63) is 71.3 Å². The normalized spacial score (nSPS) is 13.8. The van der Waals surface area contributed by atoms with Gasteiger partial charge in [0.2, 0.25) is 0 Å². The first-order chi connectivity index (χ1) is 11.2. The SMILES string of the molecule is CC(CC(CN)(c1ccc(F)cc1)c1ccc(F)cc1)C(C)(C)N. The Labute approximate surface area is 142 Å². The van der Waals surface area contributed by atoms with Crippen LogP contribution < -0.4 is 11.5 Å². The molecule has 0 aliphatic heterocycles. The van der Waals surface area contributed by atoms with Crippen molar-refractivity contribution in [3.8, 4) is 0 Å². The zero-order valence-corrected chi connectivity index (χ0v) is 14.5. The number of hydrogen-bond acceptors (Lipinski definition) is 2. The predicted octanol–water partition coefficient (Wildman–Crippen LogP) is 3.97. The minimum absolute atomic E-state index is 0.149. The van der Waals surface area contributed by atoms with Crippen LogP contribution in [0.5, 0.6) is 0 Å². The lowest BCUT2D eigenvalue weighted by Gasteiger charge is -2.40. The molecule has 2 nitrogen and oxygen atoms in total. The summed E-state index contributed by atoms with van der Waals surface area (Å²) < 4.78 is 26.8. The van der Waals surface area contributed by atoms with Crippen LogP contribution >= 0.6 is 0 Å². The molecule has 0 saturated carbocycles. The molecule has 0 radical (unpaired) electrons. The fraction of sp³-hybridized carbons (Fsp3) is 0.400. The number of nitrogens with two attached hydrogens (primary N) is 2. The maximum atomic E-state index is 13.4. The molecule has 130 valence electrons. The lowest BCUT2D eigenvalue weighted by Crippen LogP contribution is -2.46. The zero-order chi connectivity index (χ0) is 18.0. The van der Waals surface area contributed by atoms with Crippen LogP contribution in [0.3, 0.4) is 0 Å². The second-order valence-electron chi connectivity index (χ2n) is 7.23. The molecule has 2 aromatic rings. The van der Waals surface area contributed by atoms with Crippen LogP contribution in [0.2, 0.25) is 0 Å². The van der Waals surface area contributed by atoms with Crippen LogP contribution in [0.15, 0.2) is 48.5 Å². The zero-order valence-electron chi connectivity index (χ0n) is 14.5. The van der Waals surface area contributed by atoms with E-state index in [9.17, 15) is 8.78 Å². The van der Waals surface area contributed by atoms with Crippen molar-refractivity contribution in [3.63, 3.8) is 0 Å². The van der Waals surface area contributed by atoms with Gasteiger partial charge in [-0.1, -0.05) is 31.2 Å². The Balaban J connectivity index is 2.57. The molecular formula is C20H26F2N2. The molecule has 1 unspecified atom stereocenters. The molecule has 2 aromatic carbocycles. The third kappa shape index (κ3) is 3.82. The number of rotatable bonds is 6. The average molecular weight is 332 g/mol. The van der Waals surface area contributed by atoms with Gasteiger partial charge in [-0.3, -0.25) is 0 Å². The van der Waals surface area contributed by atoms with Crippen LogP contribution in [0.4, 0.5) is 8.78 Å². The molecule has 0 aliphatic rings. The fourth-order valence-corrected chi connectivity index (χ4v) is 3.04. The Hall–Kier alpha value is -1.78. The Kier molecular flexibility index (Phi) is 5.41. The van der Waals surface area contributed by atoms with Crippen molar-refractivity contribution < 1.29 is 8.78 Å². The van der Waals surface area contributed by atoms with E-state index < -0.39 is 5.41 Å². The summed E-state index contributed by atoms with van der Waals surface area (Å²) in [4.78, 5) is 0. The lowest BCUT2D eigenvalue weighted by molar-refractivity contribution is 0.273. The first kappa shape index (κ1) is 18.6. The standard InChI is InChI=1S/C20H26F2N2/c1-14(19(2,3)24)12-20(13-23,15-4-8-17(21)9-5-15)16-6-10-18(22)11-7-16/h4-11,14H,12-13,23-24H2,1-3H3. The van der Waals surface area contributed by atoms with Gasteiger partial charge in [-0.2, -0.15) is 0 Å². The third-order valence-electron chi connectivity index (χ3n) is 5.07. The smallest absolute Gasteiger partial charge is 0.123 e. The van der Waals surface area contributed by atoms with Crippen LogP contribution in [0.25, 0.3) is 0 Å². The molecule has 0 bridgehead atoms. The van der Waals surface area contributed by atoms with E-state index in [-0.39, 0.29) is 23.1 Å². The molecule has 0 spiro atoms. The van der Waals surface area contributed by atoms with Crippen molar-refractivity contribution >= 4 is 0 Å². The van der Waals surface area contributed by atoms with Crippen molar-refractivity contribution in [2.24, 2.45) is 17.4 Å². The predicted molar refractivity (Wildman–Crippen MR) is 94.7 cm³/mol. The van der Waals surface area contributed by atoms with Crippen molar-refractivity contribution in [2.45, 2.75) is 38.1 Å². The van der Waals surface area contributed by atoms with E-state index in [1.807, 2.05) is 13.8 Å². The van der Waals surface area contributed by atoms with E-state index >= 15 is 0 Å². The van der Waals surface area contributed by atoms with Crippen molar-refractivity contribution in [2.75, 3.05) is 6.54 Å². The van der Waals surface area contributed by atoms with Crippen LogP contribution in [0.1, 0.15) is 38.3 Å². The summed E-state index contributed by atoms with van der Waals surface area (Å²) in [5.74, 6) is -0.442. The van der Waals surface area contributed by atoms with Gasteiger partial charge in [-0.15, -0.1) is 0 Å². The van der Waals surface area contributed by atoms with Crippen LogP contribution in [-0.2, 0) is 5.41 Å². The van der Waals surface area contributed by atoms with E-state index in [1.165, 1.54) is 24.3 Å². The Morgan fingerprint density at radius 2 is 1.25 bits per heavy atom. The summed E-state index contributed by atoms with van der Waals surface area (Å²) in [6, 6.07) is 12.7. The summed E-state index contributed by atoms with van der Waals surface area (Å²) in [5, 5.41) is 0. The average Bonchev–Trinajstić information content (AvgIpc) is 2.53. The highest BCUT2D eigenvalue weighted by atomic mass is 19.1. The number of benzene rings is 2. The molecule has 0 saturated heterocycles. The van der Waals surface area contributed by atoms with E-state index in [1.54, 1.807) is 24.3 Å². The fourth-order valence-electron chi connectivity index (χ4n) is 3.04. The second-order valence-corrected chi connectivity index (χ2v) is 7.23. The molecule has 0 heterocycles. The van der Waals surface area contributed by atoms with Gasteiger partial charge in [0, 0.05) is 17.5 Å². The van der Waals surface area contributed by atoms with Gasteiger partial charge < -0.3 is 11.5 Å². The number of halogens is 2. The van der Waals surface area contributed by atoms with Gasteiger partial charge in [0.15, 0.2) is 0 Å². The van der Waals surface area contributed by atoms with E-state index in [2.05, 4.69) is 6.92 Å². The first-order valence-corrected chi connectivity index (χ1v) is 8.20. The summed E-state index contributed by atoms with van der Waals surface area (Å²) in [7, 11) is 0. The molecule has 4 N–H and O–H groups in total. The molecule has 0 aromatic heterocycles. The summed E-state index contributed by atoms with van der Waals surface area (Å²) >= 11 is 0. The van der Waals surface area contributed by atoms with Gasteiger partial charge in [0.05, 0.1) is 0 Å². The third-order valence-corrected chi connectivity index (χ3v) is 5.07. The second kappa shape index (κ2) is 6.99. The molecule has 0 fully saturated rings. The molecular weight excluding hydrogens is 306 g/mol. The lowest BCUT2D eigenvalue weighted by atomic mass is 9.66. The highest BCUT2D eigenvalue weighted by Gasteiger charge is 2.37. The summed E-state index contributed by atoms with van der Waals surface area (Å²) in [5.41, 5.74) is 13.4. The highest BCUT2D eigenvalue weighted by Crippen LogP contribution is 2.39. The van der Waals surface area contributed by atoms with Crippen LogP contribution in [0, 0.1) is 17.6 Å². The molecule has 24 heavy (non-hydrogen) atoms. The van der Waals surface area contributed by atoms with Crippen molar-refractivity contribution in [1.82, 2.24) is 0 Å². The Morgan fingerprint density at radius 1 is 0.875 bits per heavy atom. The Morgan fingerprint density at radius 3 is 1.54 bits per heavy atom. The van der Waals surface area contributed by atoms with E-state index in [0.717, 1.165) is 11.1 Å². The van der Waals surface area contributed by atoms with Gasteiger partial charge in [-0.25, -0.2) is 8.78 Å². The first-order valence-electron chi connectivity index (χ1n) is 8.20. The molecule has 4 heteroatoms. The van der Waals surface area contributed by atoms with Gasteiger partial charge in [0.25, 0.3) is 0 Å². The van der Waals surface area contributed by atoms with E-state index in [0.29, 0.717) is 13.0 Å². The summed E-state index contributed by atoms with van der Waals surface area (Å²) in [6.07, 6.45) is 0.685. The van der Waals surface area contributed by atoms with Gasteiger partial charge in [0.1, 0.15) is 11.6 Å². The molecule has 1 atom stereocenters. The highest BCUT2D eigenvalue weighted by molar-refractivity contribution is 5.40. The topological polar surface area (TPSA) is 52.0 Å². The maximum Gasteiger partial charge on any atom is 0.123 e.